The summed E-state index contributed by atoms with van der Waals surface area (Å²) in [5.74, 6) is 2.84. The normalized spacial score (nSPS) is 19.4. The lowest BCUT2D eigenvalue weighted by molar-refractivity contribution is 0.110. The molecule has 2 fully saturated rings. The Morgan fingerprint density at radius 1 is 1.21 bits per heavy atom. The number of ether oxygens (including phenoxy) is 1. The van der Waals surface area contributed by atoms with Gasteiger partial charge in [0, 0.05) is 24.8 Å². The minimum absolute atomic E-state index is 0.223. The molecule has 0 amide bonds. The molecule has 24 heavy (non-hydrogen) atoms. The van der Waals surface area contributed by atoms with E-state index in [-0.39, 0.29) is 6.10 Å². The highest BCUT2D eigenvalue weighted by Gasteiger charge is 2.22. The summed E-state index contributed by atoms with van der Waals surface area (Å²) in [6.07, 6.45) is 9.40. The van der Waals surface area contributed by atoms with Crippen LogP contribution >= 0.6 is 0 Å². The molecule has 0 unspecified atom stereocenters. The van der Waals surface area contributed by atoms with Gasteiger partial charge in [0.15, 0.2) is 11.6 Å². The number of rotatable bonds is 6. The molecule has 1 aliphatic carbocycles. The van der Waals surface area contributed by atoms with Crippen molar-refractivity contribution < 1.29 is 4.74 Å². The zero-order valence-corrected chi connectivity index (χ0v) is 14.0. The van der Waals surface area contributed by atoms with E-state index in [1.807, 2.05) is 6.07 Å². The van der Waals surface area contributed by atoms with Crippen molar-refractivity contribution in [3.05, 3.63) is 24.2 Å². The highest BCUT2D eigenvalue weighted by molar-refractivity contribution is 5.51. The number of likely N-dealkylation sites (tertiary alicyclic amines) is 1. The van der Waals surface area contributed by atoms with Crippen LogP contribution in [0.1, 0.15) is 31.4 Å². The van der Waals surface area contributed by atoms with E-state index in [1.54, 1.807) is 12.4 Å². The number of piperidine rings is 1. The van der Waals surface area contributed by atoms with Gasteiger partial charge in [-0.1, -0.05) is 0 Å². The van der Waals surface area contributed by atoms with Crippen LogP contribution in [0.2, 0.25) is 0 Å². The van der Waals surface area contributed by atoms with E-state index < -0.39 is 0 Å². The van der Waals surface area contributed by atoms with Gasteiger partial charge in [-0.3, -0.25) is 10.1 Å². The van der Waals surface area contributed by atoms with Gasteiger partial charge >= 0.3 is 0 Å². The monoisotopic (exact) mass is 328 g/mol. The third-order valence-electron chi connectivity index (χ3n) is 4.66. The van der Waals surface area contributed by atoms with Crippen LogP contribution < -0.4 is 10.1 Å². The zero-order chi connectivity index (χ0) is 16.4. The molecule has 4 rings (SSSR count). The van der Waals surface area contributed by atoms with Crippen LogP contribution in [-0.4, -0.2) is 51.3 Å². The van der Waals surface area contributed by atoms with Gasteiger partial charge in [-0.2, -0.15) is 10.1 Å². The van der Waals surface area contributed by atoms with Gasteiger partial charge < -0.3 is 15.0 Å². The number of aromatic amines is 1. The fourth-order valence-electron chi connectivity index (χ4n) is 3.03. The predicted molar refractivity (Wildman–Crippen MR) is 91.5 cm³/mol. The third kappa shape index (κ3) is 4.03. The summed E-state index contributed by atoms with van der Waals surface area (Å²) in [5, 5.41) is 10.6. The van der Waals surface area contributed by atoms with Gasteiger partial charge in [0.2, 0.25) is 5.88 Å². The molecule has 2 aromatic rings. The first-order chi connectivity index (χ1) is 11.7. The molecule has 0 bridgehead atoms. The Morgan fingerprint density at radius 3 is 2.83 bits per heavy atom. The van der Waals surface area contributed by atoms with E-state index in [0.29, 0.717) is 11.7 Å². The van der Waals surface area contributed by atoms with E-state index in [2.05, 4.69) is 37.4 Å². The smallest absolute Gasteiger partial charge is 0.234 e. The van der Waals surface area contributed by atoms with Gasteiger partial charge in [0.25, 0.3) is 0 Å². The lowest BCUT2D eigenvalue weighted by atomic mass is 10.1. The molecule has 7 heteroatoms. The molecule has 0 aromatic carbocycles. The predicted octanol–water partition coefficient (Wildman–Crippen LogP) is 2.37. The Bertz CT molecular complexity index is 675. The molecule has 3 heterocycles. The second-order valence-electron chi connectivity index (χ2n) is 6.91. The number of hydrogen-bond acceptors (Lipinski definition) is 6. The Labute approximate surface area is 141 Å². The van der Waals surface area contributed by atoms with Gasteiger partial charge in [-0.25, -0.2) is 0 Å². The molecule has 0 spiro atoms. The van der Waals surface area contributed by atoms with Gasteiger partial charge in [0.05, 0.1) is 12.4 Å². The minimum Gasteiger partial charge on any atom is -0.473 e. The molecule has 1 saturated heterocycles. The van der Waals surface area contributed by atoms with Crippen LogP contribution in [0.4, 0.5) is 11.6 Å². The third-order valence-corrected chi connectivity index (χ3v) is 4.66. The summed E-state index contributed by atoms with van der Waals surface area (Å²) < 4.78 is 5.98. The van der Waals surface area contributed by atoms with Crippen molar-refractivity contribution in [1.29, 1.82) is 0 Å². The summed E-state index contributed by atoms with van der Waals surface area (Å²) in [5.41, 5.74) is 1.17. The summed E-state index contributed by atoms with van der Waals surface area (Å²) in [6, 6.07) is 2.05. The number of nitrogens with one attached hydrogen (secondary N) is 2. The number of H-pyrrole nitrogens is 1. The zero-order valence-electron chi connectivity index (χ0n) is 14.0. The highest BCUT2D eigenvalue weighted by Crippen LogP contribution is 2.32. The van der Waals surface area contributed by atoms with Crippen LogP contribution in [0.3, 0.4) is 0 Å². The van der Waals surface area contributed by atoms with E-state index in [9.17, 15) is 0 Å². The summed E-state index contributed by atoms with van der Waals surface area (Å²) in [4.78, 5) is 11.0. The summed E-state index contributed by atoms with van der Waals surface area (Å²) >= 11 is 0. The highest BCUT2D eigenvalue weighted by atomic mass is 16.5. The van der Waals surface area contributed by atoms with Crippen molar-refractivity contribution in [1.82, 2.24) is 25.1 Å². The average molecular weight is 328 g/mol. The first-order valence-electron chi connectivity index (χ1n) is 8.73. The molecule has 7 nitrogen and oxygen atoms in total. The standard InChI is InChI=1S/C17H24N6O/c1-23-6-4-14(5-7-23)24-17-11-18-10-16(20-17)19-15-9-13(21-22-15)8-12-2-3-12/h9-12,14H,2-8H2,1H3,(H2,19,20,21,22). The molecule has 0 radical (unpaired) electrons. The first-order valence-corrected chi connectivity index (χ1v) is 8.73. The maximum atomic E-state index is 5.98. The van der Waals surface area contributed by atoms with E-state index in [4.69, 9.17) is 4.74 Å². The molecule has 2 aromatic heterocycles. The summed E-state index contributed by atoms with van der Waals surface area (Å²) in [6.45, 7) is 2.13. The Morgan fingerprint density at radius 2 is 2.04 bits per heavy atom. The molecule has 1 saturated carbocycles. The van der Waals surface area contributed by atoms with Crippen molar-refractivity contribution in [3.8, 4) is 5.88 Å². The Hall–Kier alpha value is -2.15. The van der Waals surface area contributed by atoms with Crippen LogP contribution in [0, 0.1) is 5.92 Å². The first kappa shape index (κ1) is 15.4. The quantitative estimate of drug-likeness (QED) is 0.847. The topological polar surface area (TPSA) is 79.0 Å². The molecule has 0 atom stereocenters. The Balaban J connectivity index is 1.36. The fourth-order valence-corrected chi connectivity index (χ4v) is 3.03. The van der Waals surface area contributed by atoms with Crippen molar-refractivity contribution in [2.45, 2.75) is 38.2 Å². The molecular weight excluding hydrogens is 304 g/mol. The second kappa shape index (κ2) is 6.76. The summed E-state index contributed by atoms with van der Waals surface area (Å²) in [7, 11) is 2.14. The van der Waals surface area contributed by atoms with Crippen molar-refractivity contribution in [3.63, 3.8) is 0 Å². The Kier molecular flexibility index (Phi) is 4.34. The van der Waals surface area contributed by atoms with E-state index in [0.717, 1.165) is 44.1 Å². The largest absolute Gasteiger partial charge is 0.473 e. The fraction of sp³-hybridized carbons (Fsp3) is 0.588. The van der Waals surface area contributed by atoms with Crippen LogP contribution in [-0.2, 0) is 6.42 Å². The SMILES string of the molecule is CN1CCC(Oc2cncc(Nc3cc(CC4CC4)[nH]n3)n2)CC1. The lowest BCUT2D eigenvalue weighted by Gasteiger charge is -2.28. The van der Waals surface area contributed by atoms with Crippen LogP contribution in [0.25, 0.3) is 0 Å². The van der Waals surface area contributed by atoms with Crippen LogP contribution in [0.15, 0.2) is 18.5 Å². The maximum absolute atomic E-state index is 5.98. The molecule has 2 N–H and O–H groups in total. The van der Waals surface area contributed by atoms with Gasteiger partial charge in [0.1, 0.15) is 6.10 Å². The van der Waals surface area contributed by atoms with Crippen molar-refractivity contribution >= 4 is 11.6 Å². The number of anilines is 2. The van der Waals surface area contributed by atoms with Crippen molar-refractivity contribution in [2.75, 3.05) is 25.5 Å². The molecule has 128 valence electrons. The second-order valence-corrected chi connectivity index (χ2v) is 6.91. The number of hydrogen-bond donors (Lipinski definition) is 2. The average Bonchev–Trinajstić information content (AvgIpc) is 3.28. The number of aromatic nitrogens is 4. The molecule has 1 aliphatic heterocycles. The van der Waals surface area contributed by atoms with Crippen molar-refractivity contribution in [2.24, 2.45) is 5.92 Å². The van der Waals surface area contributed by atoms with Gasteiger partial charge in [-0.05, 0) is 45.1 Å². The lowest BCUT2D eigenvalue weighted by Crippen LogP contribution is -2.35. The van der Waals surface area contributed by atoms with Gasteiger partial charge in [-0.15, -0.1) is 0 Å². The minimum atomic E-state index is 0.223. The molecule has 2 aliphatic rings. The molecular formula is C17H24N6O. The van der Waals surface area contributed by atoms with Crippen LogP contribution in [0.5, 0.6) is 5.88 Å². The van der Waals surface area contributed by atoms with E-state index >= 15 is 0 Å². The number of nitrogens with zero attached hydrogens (tertiary/aromatic N) is 4. The maximum Gasteiger partial charge on any atom is 0.234 e. The van der Waals surface area contributed by atoms with E-state index in [1.165, 1.54) is 18.5 Å².